The van der Waals surface area contributed by atoms with Crippen molar-refractivity contribution in [1.29, 1.82) is 0 Å². The van der Waals surface area contributed by atoms with Gasteiger partial charge in [-0.1, -0.05) is 12.1 Å². The molecule has 3 aromatic heterocycles. The third-order valence-corrected chi connectivity index (χ3v) is 7.80. The number of aromatic nitrogens is 5. The van der Waals surface area contributed by atoms with Crippen LogP contribution in [0.2, 0.25) is 0 Å². The Bertz CT molecular complexity index is 1370. The summed E-state index contributed by atoms with van der Waals surface area (Å²) in [6.07, 6.45) is 8.06. The van der Waals surface area contributed by atoms with Crippen molar-refractivity contribution in [3.63, 3.8) is 0 Å². The average molecular weight is 440 g/mol. The van der Waals surface area contributed by atoms with E-state index in [0.29, 0.717) is 19.3 Å². The van der Waals surface area contributed by atoms with Crippen molar-refractivity contribution in [2.24, 2.45) is 5.41 Å². The van der Waals surface area contributed by atoms with Gasteiger partial charge in [-0.05, 0) is 69.7 Å². The second-order valence-electron chi connectivity index (χ2n) is 9.60. The van der Waals surface area contributed by atoms with Gasteiger partial charge in [0.1, 0.15) is 11.5 Å². The number of imidazole rings is 1. The van der Waals surface area contributed by atoms with E-state index in [1.54, 1.807) is 12.4 Å². The van der Waals surface area contributed by atoms with Gasteiger partial charge in [0.05, 0.1) is 27.8 Å². The van der Waals surface area contributed by atoms with Crippen molar-refractivity contribution >= 4 is 17.0 Å². The van der Waals surface area contributed by atoms with Crippen LogP contribution in [0.3, 0.4) is 0 Å². The highest BCUT2D eigenvalue weighted by atomic mass is 16.4. The van der Waals surface area contributed by atoms with E-state index in [4.69, 9.17) is 9.97 Å². The minimum absolute atomic E-state index is 0.106. The Morgan fingerprint density at radius 1 is 0.939 bits per heavy atom. The van der Waals surface area contributed by atoms with Crippen LogP contribution < -0.4 is 0 Å². The van der Waals surface area contributed by atoms with E-state index in [9.17, 15) is 9.90 Å². The molecule has 0 atom stereocenters. The van der Waals surface area contributed by atoms with Gasteiger partial charge in [0, 0.05) is 29.1 Å². The Labute approximate surface area is 191 Å². The molecule has 33 heavy (non-hydrogen) atoms. The van der Waals surface area contributed by atoms with E-state index in [2.05, 4.69) is 15.0 Å². The number of fused-ring (bicyclic) bond motifs is 4. The summed E-state index contributed by atoms with van der Waals surface area (Å²) in [5.74, 6) is 0.312. The van der Waals surface area contributed by atoms with Gasteiger partial charge in [0.15, 0.2) is 0 Å². The van der Waals surface area contributed by atoms with E-state index in [1.807, 2.05) is 43.3 Å². The number of benzene rings is 1. The molecule has 0 unspecified atom stereocenters. The predicted octanol–water partition coefficient (Wildman–Crippen LogP) is 5.07. The molecule has 0 saturated heterocycles. The van der Waals surface area contributed by atoms with Crippen molar-refractivity contribution in [2.45, 2.75) is 50.9 Å². The molecule has 3 aliphatic carbocycles. The summed E-state index contributed by atoms with van der Waals surface area (Å²) in [5, 5.41) is 9.78. The van der Waals surface area contributed by atoms with E-state index >= 15 is 0 Å². The average Bonchev–Trinajstić information content (AvgIpc) is 3.31. The lowest BCUT2D eigenvalue weighted by Gasteiger charge is -2.50. The molecule has 4 aromatic rings. The topological polar surface area (TPSA) is 105 Å². The van der Waals surface area contributed by atoms with Gasteiger partial charge in [0.2, 0.25) is 0 Å². The van der Waals surface area contributed by atoms with E-state index in [0.717, 1.165) is 64.5 Å². The summed E-state index contributed by atoms with van der Waals surface area (Å²) in [5.41, 5.74) is 5.52. The molecule has 7 nitrogen and oxygen atoms in total. The summed E-state index contributed by atoms with van der Waals surface area (Å²) < 4.78 is 0. The highest BCUT2D eigenvalue weighted by Crippen LogP contribution is 2.57. The second-order valence-corrected chi connectivity index (χ2v) is 9.60. The summed E-state index contributed by atoms with van der Waals surface area (Å²) in [6, 6.07) is 12.0. The number of hydrogen-bond donors (Lipinski definition) is 2. The maximum Gasteiger partial charge on any atom is 0.309 e. The number of pyridine rings is 1. The molecule has 0 spiro atoms. The van der Waals surface area contributed by atoms with Crippen LogP contribution in [0.5, 0.6) is 0 Å². The molecule has 0 amide bonds. The number of aliphatic carboxylic acids is 1. The first-order chi connectivity index (χ1) is 16.0. The van der Waals surface area contributed by atoms with Crippen molar-refractivity contribution in [3.05, 3.63) is 60.3 Å². The Kier molecular flexibility index (Phi) is 4.37. The highest BCUT2D eigenvalue weighted by Gasteiger charge is 2.54. The Hall–Kier alpha value is -3.61. The monoisotopic (exact) mass is 439 g/mol. The smallest absolute Gasteiger partial charge is 0.309 e. The standard InChI is InChI=1S/C26H25N5O2/c1-16-3-2-4-19(29-16)22-21(17-5-6-18-20(15-17)28-14-13-27-18)30-23(31-22)25-7-10-26(11-8-25,12-9-25)24(32)33/h2-6,13-15H,7-12H2,1H3,(H,30,31)(H,32,33). The van der Waals surface area contributed by atoms with Gasteiger partial charge in [-0.2, -0.15) is 0 Å². The first kappa shape index (κ1) is 20.0. The first-order valence-corrected chi connectivity index (χ1v) is 11.5. The van der Waals surface area contributed by atoms with Crippen LogP contribution in [0.25, 0.3) is 33.7 Å². The SMILES string of the molecule is Cc1cccc(-c2nc(C34CCC(C(=O)O)(CC3)CC4)[nH]c2-c2ccc3nccnc3c2)n1. The zero-order valence-corrected chi connectivity index (χ0v) is 18.5. The van der Waals surface area contributed by atoms with Crippen LogP contribution in [-0.2, 0) is 10.2 Å². The summed E-state index contributed by atoms with van der Waals surface area (Å²) in [7, 11) is 0. The number of carboxylic acid groups (broad SMARTS) is 1. The van der Waals surface area contributed by atoms with Gasteiger partial charge in [-0.15, -0.1) is 0 Å². The lowest BCUT2D eigenvalue weighted by molar-refractivity contribution is -0.156. The lowest BCUT2D eigenvalue weighted by Crippen LogP contribution is -2.48. The molecule has 3 saturated carbocycles. The summed E-state index contributed by atoms with van der Waals surface area (Å²) >= 11 is 0. The van der Waals surface area contributed by atoms with Gasteiger partial charge in [0.25, 0.3) is 0 Å². The fourth-order valence-electron chi connectivity index (χ4n) is 5.67. The van der Waals surface area contributed by atoms with E-state index < -0.39 is 11.4 Å². The van der Waals surface area contributed by atoms with Crippen LogP contribution >= 0.6 is 0 Å². The minimum Gasteiger partial charge on any atom is -0.481 e. The predicted molar refractivity (Wildman–Crippen MR) is 125 cm³/mol. The second kappa shape index (κ2) is 7.20. The van der Waals surface area contributed by atoms with Gasteiger partial charge < -0.3 is 10.1 Å². The van der Waals surface area contributed by atoms with Crippen LogP contribution in [0, 0.1) is 12.3 Å². The lowest BCUT2D eigenvalue weighted by atomic mass is 9.53. The fourth-order valence-corrected chi connectivity index (χ4v) is 5.67. The van der Waals surface area contributed by atoms with Crippen LogP contribution in [-0.4, -0.2) is 36.0 Å². The summed E-state index contributed by atoms with van der Waals surface area (Å²) in [6.45, 7) is 1.98. The number of rotatable bonds is 4. The summed E-state index contributed by atoms with van der Waals surface area (Å²) in [4.78, 5) is 34.3. The van der Waals surface area contributed by atoms with Crippen LogP contribution in [0.4, 0.5) is 0 Å². The van der Waals surface area contributed by atoms with Gasteiger partial charge >= 0.3 is 5.97 Å². The minimum atomic E-state index is -0.641. The number of nitrogens with zero attached hydrogens (tertiary/aromatic N) is 4. The third kappa shape index (κ3) is 3.14. The molecule has 3 aliphatic rings. The molecule has 3 fully saturated rings. The van der Waals surface area contributed by atoms with Crippen LogP contribution in [0.15, 0.2) is 48.8 Å². The number of H-pyrrole nitrogens is 1. The Morgan fingerprint density at radius 2 is 1.67 bits per heavy atom. The fraction of sp³-hybridized carbons (Fsp3) is 0.346. The molecule has 1 aromatic carbocycles. The Morgan fingerprint density at radius 3 is 2.36 bits per heavy atom. The molecule has 2 N–H and O–H groups in total. The number of nitrogens with one attached hydrogen (secondary N) is 1. The first-order valence-electron chi connectivity index (χ1n) is 11.5. The highest BCUT2D eigenvalue weighted by molar-refractivity contribution is 5.84. The molecule has 7 heteroatoms. The third-order valence-electron chi connectivity index (χ3n) is 7.80. The molecule has 0 radical (unpaired) electrons. The van der Waals surface area contributed by atoms with Crippen molar-refractivity contribution < 1.29 is 9.90 Å². The molecular weight excluding hydrogens is 414 g/mol. The number of aryl methyl sites for hydroxylation is 1. The van der Waals surface area contributed by atoms with E-state index in [1.165, 1.54) is 0 Å². The van der Waals surface area contributed by atoms with Crippen molar-refractivity contribution in [1.82, 2.24) is 24.9 Å². The zero-order valence-electron chi connectivity index (χ0n) is 18.5. The van der Waals surface area contributed by atoms with Gasteiger partial charge in [-0.3, -0.25) is 19.7 Å². The molecular formula is C26H25N5O2. The largest absolute Gasteiger partial charge is 0.481 e. The zero-order chi connectivity index (χ0) is 22.6. The quantitative estimate of drug-likeness (QED) is 0.460. The Balaban J connectivity index is 1.48. The van der Waals surface area contributed by atoms with Crippen molar-refractivity contribution in [2.75, 3.05) is 0 Å². The molecule has 2 bridgehead atoms. The maximum atomic E-state index is 11.9. The number of carboxylic acids is 1. The molecule has 3 heterocycles. The van der Waals surface area contributed by atoms with Crippen molar-refractivity contribution in [3.8, 4) is 22.6 Å². The van der Waals surface area contributed by atoms with Gasteiger partial charge in [-0.25, -0.2) is 4.98 Å². The molecule has 7 rings (SSSR count). The van der Waals surface area contributed by atoms with E-state index in [-0.39, 0.29) is 5.41 Å². The van der Waals surface area contributed by atoms with Crippen LogP contribution in [0.1, 0.15) is 50.0 Å². The number of hydrogen-bond acceptors (Lipinski definition) is 5. The molecule has 166 valence electrons. The number of carbonyl (C=O) groups is 1. The molecule has 0 aliphatic heterocycles. The normalized spacial score (nSPS) is 24.3. The number of aromatic amines is 1. The maximum absolute atomic E-state index is 11.9.